The molecule has 2 bridgehead atoms. The lowest BCUT2D eigenvalue weighted by Crippen LogP contribution is -2.53. The molecule has 24 heavy (non-hydrogen) atoms. The number of nitrogens with zero attached hydrogens (tertiary/aromatic N) is 2. The van der Waals surface area contributed by atoms with Crippen LogP contribution in [0.1, 0.15) is 17.7 Å². The molecule has 124 valence electrons. The van der Waals surface area contributed by atoms with Gasteiger partial charge in [0, 0.05) is 18.8 Å². The van der Waals surface area contributed by atoms with Crippen LogP contribution in [0.2, 0.25) is 0 Å². The Balaban J connectivity index is 1.62. The predicted molar refractivity (Wildman–Crippen MR) is 93.8 cm³/mol. The number of pyridine rings is 1. The quantitative estimate of drug-likeness (QED) is 0.866. The van der Waals surface area contributed by atoms with E-state index in [1.54, 1.807) is 7.11 Å². The van der Waals surface area contributed by atoms with Crippen LogP contribution in [-0.4, -0.2) is 42.3 Å². The van der Waals surface area contributed by atoms with Gasteiger partial charge in [0.1, 0.15) is 11.4 Å². The van der Waals surface area contributed by atoms with Crippen LogP contribution in [0.15, 0.2) is 54.7 Å². The Morgan fingerprint density at radius 1 is 1.17 bits per heavy atom. The fourth-order valence-corrected chi connectivity index (χ4v) is 3.67. The first-order valence-electron chi connectivity index (χ1n) is 8.42. The molecule has 2 aliphatic heterocycles. The maximum absolute atomic E-state index is 5.81. The van der Waals surface area contributed by atoms with E-state index in [2.05, 4.69) is 46.3 Å². The van der Waals surface area contributed by atoms with Crippen LogP contribution in [0.25, 0.3) is 5.57 Å². The number of benzene rings is 1. The van der Waals surface area contributed by atoms with E-state index in [4.69, 9.17) is 9.47 Å². The molecule has 0 saturated carbocycles. The summed E-state index contributed by atoms with van der Waals surface area (Å²) in [6, 6.07) is 15.2. The Morgan fingerprint density at radius 3 is 2.83 bits per heavy atom. The highest BCUT2D eigenvalue weighted by Crippen LogP contribution is 2.35. The molecule has 3 heterocycles. The zero-order valence-electron chi connectivity index (χ0n) is 13.9. The van der Waals surface area contributed by atoms with Gasteiger partial charge in [-0.2, -0.15) is 0 Å². The smallest absolute Gasteiger partial charge is 0.144 e. The fourth-order valence-electron chi connectivity index (χ4n) is 3.67. The summed E-state index contributed by atoms with van der Waals surface area (Å²) >= 11 is 0. The van der Waals surface area contributed by atoms with Gasteiger partial charge in [-0.25, -0.2) is 0 Å². The van der Waals surface area contributed by atoms with Crippen LogP contribution < -0.4 is 4.74 Å². The van der Waals surface area contributed by atoms with E-state index in [1.807, 2.05) is 18.3 Å². The van der Waals surface area contributed by atoms with Crippen LogP contribution in [-0.2, 0) is 11.3 Å². The molecule has 2 unspecified atom stereocenters. The largest absolute Gasteiger partial charge is 0.494 e. The summed E-state index contributed by atoms with van der Waals surface area (Å²) in [6.45, 7) is 2.47. The highest BCUT2D eigenvalue weighted by atomic mass is 16.5. The molecule has 4 heteroatoms. The van der Waals surface area contributed by atoms with Crippen molar-refractivity contribution in [3.63, 3.8) is 0 Å². The molecular weight excluding hydrogens is 300 g/mol. The maximum atomic E-state index is 5.81. The molecule has 4 rings (SSSR count). The molecule has 1 saturated heterocycles. The molecule has 2 aliphatic rings. The number of hydrogen-bond acceptors (Lipinski definition) is 4. The second-order valence-corrected chi connectivity index (χ2v) is 6.37. The summed E-state index contributed by atoms with van der Waals surface area (Å²) in [5.74, 6) is 0.847. The van der Waals surface area contributed by atoms with Crippen LogP contribution in [0, 0.1) is 0 Å². The minimum Gasteiger partial charge on any atom is -0.494 e. The lowest BCUT2D eigenvalue weighted by atomic mass is 9.91. The molecule has 0 amide bonds. The Hall–Kier alpha value is -2.17. The number of morpholine rings is 1. The first-order chi connectivity index (χ1) is 11.8. The summed E-state index contributed by atoms with van der Waals surface area (Å²) < 4.78 is 11.3. The third-order valence-corrected chi connectivity index (χ3v) is 4.85. The van der Waals surface area contributed by atoms with Crippen molar-refractivity contribution in [2.75, 3.05) is 20.3 Å². The summed E-state index contributed by atoms with van der Waals surface area (Å²) in [7, 11) is 1.70. The number of aromatic nitrogens is 1. The summed E-state index contributed by atoms with van der Waals surface area (Å²) in [5, 5.41) is 0. The van der Waals surface area contributed by atoms with Gasteiger partial charge in [0.2, 0.25) is 0 Å². The average Bonchev–Trinajstić information content (AvgIpc) is 2.62. The number of ether oxygens (including phenoxy) is 2. The van der Waals surface area contributed by atoms with Crippen LogP contribution in [0.3, 0.4) is 0 Å². The molecule has 0 aliphatic carbocycles. The monoisotopic (exact) mass is 322 g/mol. The van der Waals surface area contributed by atoms with Gasteiger partial charge in [0.05, 0.1) is 26.4 Å². The van der Waals surface area contributed by atoms with E-state index in [9.17, 15) is 0 Å². The van der Waals surface area contributed by atoms with Gasteiger partial charge in [-0.05, 0) is 29.7 Å². The van der Waals surface area contributed by atoms with E-state index in [0.717, 1.165) is 37.6 Å². The summed E-state index contributed by atoms with van der Waals surface area (Å²) in [4.78, 5) is 7.11. The molecule has 0 spiro atoms. The van der Waals surface area contributed by atoms with Gasteiger partial charge in [-0.3, -0.25) is 9.88 Å². The van der Waals surface area contributed by atoms with Gasteiger partial charge >= 0.3 is 0 Å². The molecule has 2 aromatic rings. The van der Waals surface area contributed by atoms with Crippen LogP contribution in [0.5, 0.6) is 5.75 Å². The Kier molecular flexibility index (Phi) is 4.32. The van der Waals surface area contributed by atoms with Gasteiger partial charge in [0.15, 0.2) is 0 Å². The van der Waals surface area contributed by atoms with E-state index in [1.165, 1.54) is 11.1 Å². The molecule has 2 atom stereocenters. The molecule has 0 radical (unpaired) electrons. The molecule has 1 aromatic carbocycles. The zero-order valence-corrected chi connectivity index (χ0v) is 13.9. The van der Waals surface area contributed by atoms with E-state index in [-0.39, 0.29) is 0 Å². The first-order valence-corrected chi connectivity index (χ1v) is 8.42. The van der Waals surface area contributed by atoms with Crippen molar-refractivity contribution in [3.8, 4) is 5.75 Å². The van der Waals surface area contributed by atoms with Crippen molar-refractivity contribution >= 4 is 5.57 Å². The maximum Gasteiger partial charge on any atom is 0.144 e. The number of fused-ring (bicyclic) bond motifs is 2. The predicted octanol–water partition coefficient (Wildman–Crippen LogP) is 3.15. The van der Waals surface area contributed by atoms with Crippen molar-refractivity contribution in [2.45, 2.75) is 25.0 Å². The second kappa shape index (κ2) is 6.75. The van der Waals surface area contributed by atoms with Crippen molar-refractivity contribution in [2.24, 2.45) is 0 Å². The standard InChI is InChI=1S/C20H22N2O2/c1-23-19-8-5-9-21-20(19)16-10-17-13-24-14-18(11-16)22(17)12-15-6-3-2-4-7-15/h2-10,17-18H,11-14H2,1H3. The van der Waals surface area contributed by atoms with Crippen LogP contribution >= 0.6 is 0 Å². The van der Waals surface area contributed by atoms with E-state index in [0.29, 0.717) is 12.1 Å². The number of hydrogen-bond donors (Lipinski definition) is 0. The van der Waals surface area contributed by atoms with Crippen molar-refractivity contribution in [3.05, 3.63) is 66.0 Å². The minimum absolute atomic E-state index is 0.291. The Morgan fingerprint density at radius 2 is 2.04 bits per heavy atom. The third kappa shape index (κ3) is 2.95. The molecule has 0 N–H and O–H groups in total. The minimum atomic E-state index is 0.291. The highest BCUT2D eigenvalue weighted by Gasteiger charge is 2.35. The molecule has 1 fully saturated rings. The second-order valence-electron chi connectivity index (χ2n) is 6.37. The summed E-state index contributed by atoms with van der Waals surface area (Å²) in [5.41, 5.74) is 3.59. The van der Waals surface area contributed by atoms with E-state index >= 15 is 0 Å². The third-order valence-electron chi connectivity index (χ3n) is 4.85. The Labute approximate surface area is 142 Å². The number of methoxy groups -OCH3 is 1. The molecular formula is C20H22N2O2. The topological polar surface area (TPSA) is 34.6 Å². The lowest BCUT2D eigenvalue weighted by Gasteiger charge is -2.44. The molecule has 1 aromatic heterocycles. The normalized spacial score (nSPS) is 23.6. The van der Waals surface area contributed by atoms with Crippen LogP contribution in [0.4, 0.5) is 0 Å². The van der Waals surface area contributed by atoms with Crippen molar-refractivity contribution in [1.82, 2.24) is 9.88 Å². The van der Waals surface area contributed by atoms with Gasteiger partial charge in [0.25, 0.3) is 0 Å². The zero-order chi connectivity index (χ0) is 16.4. The van der Waals surface area contributed by atoms with Gasteiger partial charge in [-0.1, -0.05) is 36.4 Å². The van der Waals surface area contributed by atoms with Gasteiger partial charge in [-0.15, -0.1) is 0 Å². The SMILES string of the molecule is COc1cccnc1C1=CC2COCC(C1)N2Cc1ccccc1. The number of rotatable bonds is 4. The van der Waals surface area contributed by atoms with Crippen molar-refractivity contribution in [1.29, 1.82) is 0 Å². The average molecular weight is 322 g/mol. The van der Waals surface area contributed by atoms with Crippen molar-refractivity contribution < 1.29 is 9.47 Å². The highest BCUT2D eigenvalue weighted by molar-refractivity contribution is 5.69. The summed E-state index contributed by atoms with van der Waals surface area (Å²) in [6.07, 6.45) is 5.08. The van der Waals surface area contributed by atoms with Gasteiger partial charge < -0.3 is 9.47 Å². The molecule has 4 nitrogen and oxygen atoms in total. The first kappa shape index (κ1) is 15.4. The fraction of sp³-hybridized carbons (Fsp3) is 0.350. The Bertz CT molecular complexity index is 729. The van der Waals surface area contributed by atoms with E-state index < -0.39 is 0 Å². The lowest BCUT2D eigenvalue weighted by molar-refractivity contribution is -0.0403.